The summed E-state index contributed by atoms with van der Waals surface area (Å²) in [6.07, 6.45) is 13.0. The Bertz CT molecular complexity index is 652. The van der Waals surface area contributed by atoms with Gasteiger partial charge in [0, 0.05) is 6.10 Å². The Kier molecular flexibility index (Phi) is 5.82. The van der Waals surface area contributed by atoms with Crippen molar-refractivity contribution >= 4 is 16.6 Å². The second-order valence-electron chi connectivity index (χ2n) is 14.2. The molecule has 4 fully saturated rings. The van der Waals surface area contributed by atoms with Crippen LogP contribution in [0.25, 0.3) is 0 Å². The molecule has 0 N–H and O–H groups in total. The van der Waals surface area contributed by atoms with Crippen LogP contribution in [-0.4, -0.2) is 28.3 Å². The minimum atomic E-state index is -1.54. The maximum atomic E-state index is 6.96. The summed E-state index contributed by atoms with van der Waals surface area (Å²) in [7, 11) is -2.98. The third kappa shape index (κ3) is 3.94. The van der Waals surface area contributed by atoms with Gasteiger partial charge < -0.3 is 8.85 Å². The van der Waals surface area contributed by atoms with Crippen LogP contribution in [0.3, 0.4) is 0 Å². The molecule has 4 saturated carbocycles. The molecule has 0 radical (unpaired) electrons. The Hall–Kier alpha value is 0.354. The molecule has 0 bridgehead atoms. The molecule has 174 valence electrons. The fourth-order valence-corrected chi connectivity index (χ4v) is 11.8. The van der Waals surface area contributed by atoms with E-state index in [2.05, 4.69) is 60.1 Å². The molecule has 0 aromatic heterocycles. The third-order valence-corrected chi connectivity index (χ3v) is 12.3. The van der Waals surface area contributed by atoms with E-state index in [1.54, 1.807) is 0 Å². The fourth-order valence-electron chi connectivity index (χ4n) is 8.89. The van der Waals surface area contributed by atoms with Gasteiger partial charge >= 0.3 is 0 Å². The molecule has 0 aromatic carbocycles. The molecule has 4 rings (SSSR count). The largest absolute Gasteiger partial charge is 0.415 e. The van der Waals surface area contributed by atoms with Gasteiger partial charge in [0.25, 0.3) is 0 Å². The van der Waals surface area contributed by atoms with Crippen LogP contribution in [0.2, 0.25) is 39.3 Å². The molecule has 4 heteroatoms. The Morgan fingerprint density at radius 1 is 0.700 bits per heavy atom. The van der Waals surface area contributed by atoms with Crippen LogP contribution in [0.4, 0.5) is 0 Å². The van der Waals surface area contributed by atoms with Crippen LogP contribution < -0.4 is 0 Å². The third-order valence-electron chi connectivity index (χ3n) is 10.2. The molecule has 0 saturated heterocycles. The summed E-state index contributed by atoms with van der Waals surface area (Å²) in [6.45, 7) is 22.0. The Labute approximate surface area is 189 Å². The first-order chi connectivity index (χ1) is 13.7. The van der Waals surface area contributed by atoms with Gasteiger partial charge in [-0.1, -0.05) is 13.8 Å². The van der Waals surface area contributed by atoms with Gasteiger partial charge in [0.2, 0.25) is 0 Å². The SMILES string of the molecule is CC12CCC(O[Si](C)(C)C)CC1CCC1C2CCC2(C)C1CC[C@]2(C)O[Si](C)(C)C. The van der Waals surface area contributed by atoms with Crippen LogP contribution in [0, 0.1) is 34.5 Å². The van der Waals surface area contributed by atoms with E-state index >= 15 is 0 Å². The zero-order valence-corrected chi connectivity index (χ0v) is 23.6. The van der Waals surface area contributed by atoms with Gasteiger partial charge in [-0.3, -0.25) is 0 Å². The average molecular weight is 451 g/mol. The molecule has 0 heterocycles. The normalized spacial score (nSPS) is 49.3. The van der Waals surface area contributed by atoms with Gasteiger partial charge in [0.05, 0.1) is 5.60 Å². The molecule has 4 aliphatic rings. The first-order valence-corrected chi connectivity index (χ1v) is 19.9. The van der Waals surface area contributed by atoms with E-state index in [1.165, 1.54) is 57.8 Å². The second-order valence-corrected chi connectivity index (χ2v) is 23.1. The Morgan fingerprint density at radius 2 is 1.37 bits per heavy atom. The predicted octanol–water partition coefficient (Wildman–Crippen LogP) is 7.86. The molecule has 0 spiro atoms. The van der Waals surface area contributed by atoms with Crippen LogP contribution in [0.5, 0.6) is 0 Å². The van der Waals surface area contributed by atoms with Gasteiger partial charge in [-0.25, -0.2) is 0 Å². The van der Waals surface area contributed by atoms with Crippen LogP contribution in [0.1, 0.15) is 78.6 Å². The average Bonchev–Trinajstić information content (AvgIpc) is 2.83. The molecule has 0 amide bonds. The zero-order chi connectivity index (χ0) is 22.2. The lowest BCUT2D eigenvalue weighted by molar-refractivity contribution is -0.148. The lowest BCUT2D eigenvalue weighted by atomic mass is 9.44. The van der Waals surface area contributed by atoms with E-state index in [0.29, 0.717) is 16.9 Å². The van der Waals surface area contributed by atoms with E-state index in [0.717, 1.165) is 23.7 Å². The summed E-state index contributed by atoms with van der Waals surface area (Å²) in [5, 5.41) is 0. The summed E-state index contributed by atoms with van der Waals surface area (Å²) >= 11 is 0. The topological polar surface area (TPSA) is 18.5 Å². The van der Waals surface area contributed by atoms with Crippen molar-refractivity contribution in [1.29, 1.82) is 0 Å². The minimum absolute atomic E-state index is 0.105. The van der Waals surface area contributed by atoms with Crippen molar-refractivity contribution in [2.45, 2.75) is 130 Å². The minimum Gasteiger partial charge on any atom is -0.415 e. The number of hydrogen-bond acceptors (Lipinski definition) is 2. The number of fused-ring (bicyclic) bond motifs is 5. The molecular formula is C26H50O2Si2. The molecule has 2 nitrogen and oxygen atoms in total. The van der Waals surface area contributed by atoms with Crippen molar-refractivity contribution < 1.29 is 8.85 Å². The highest BCUT2D eigenvalue weighted by Crippen LogP contribution is 2.69. The van der Waals surface area contributed by atoms with Gasteiger partial charge in [-0.15, -0.1) is 0 Å². The van der Waals surface area contributed by atoms with E-state index < -0.39 is 16.6 Å². The smallest absolute Gasteiger partial charge is 0.184 e. The van der Waals surface area contributed by atoms with Crippen molar-refractivity contribution in [2.24, 2.45) is 34.5 Å². The molecule has 0 aliphatic heterocycles. The quantitative estimate of drug-likeness (QED) is 0.406. The lowest BCUT2D eigenvalue weighted by Crippen LogP contribution is -2.58. The van der Waals surface area contributed by atoms with Crippen molar-refractivity contribution in [3.63, 3.8) is 0 Å². The van der Waals surface area contributed by atoms with Crippen molar-refractivity contribution in [3.05, 3.63) is 0 Å². The van der Waals surface area contributed by atoms with Crippen molar-refractivity contribution in [3.8, 4) is 0 Å². The lowest BCUT2D eigenvalue weighted by Gasteiger charge is -2.62. The van der Waals surface area contributed by atoms with Gasteiger partial charge in [-0.05, 0) is 138 Å². The molecule has 30 heavy (non-hydrogen) atoms. The van der Waals surface area contributed by atoms with Gasteiger partial charge in [-0.2, -0.15) is 0 Å². The molecule has 4 aliphatic carbocycles. The van der Waals surface area contributed by atoms with Crippen LogP contribution >= 0.6 is 0 Å². The number of hydrogen-bond donors (Lipinski definition) is 0. The summed E-state index contributed by atoms with van der Waals surface area (Å²) in [5.74, 6) is 3.65. The monoisotopic (exact) mass is 450 g/mol. The molecule has 8 atom stereocenters. The molecular weight excluding hydrogens is 400 g/mol. The maximum absolute atomic E-state index is 6.96. The predicted molar refractivity (Wildman–Crippen MR) is 133 cm³/mol. The Morgan fingerprint density at radius 3 is 2.00 bits per heavy atom. The van der Waals surface area contributed by atoms with Gasteiger partial charge in [0.15, 0.2) is 16.6 Å². The van der Waals surface area contributed by atoms with Crippen LogP contribution in [-0.2, 0) is 8.85 Å². The Balaban J connectivity index is 1.52. The van der Waals surface area contributed by atoms with E-state index in [4.69, 9.17) is 8.85 Å². The van der Waals surface area contributed by atoms with E-state index in [1.807, 2.05) is 0 Å². The summed E-state index contributed by atoms with van der Waals surface area (Å²) in [4.78, 5) is 0. The summed E-state index contributed by atoms with van der Waals surface area (Å²) in [6, 6.07) is 0. The maximum Gasteiger partial charge on any atom is 0.184 e. The number of rotatable bonds is 4. The van der Waals surface area contributed by atoms with E-state index in [-0.39, 0.29) is 5.60 Å². The van der Waals surface area contributed by atoms with Gasteiger partial charge in [0.1, 0.15) is 0 Å². The van der Waals surface area contributed by atoms with Crippen LogP contribution in [0.15, 0.2) is 0 Å². The summed E-state index contributed by atoms with van der Waals surface area (Å²) in [5.41, 5.74) is 1.05. The first-order valence-electron chi connectivity index (χ1n) is 13.0. The summed E-state index contributed by atoms with van der Waals surface area (Å²) < 4.78 is 13.6. The van der Waals surface area contributed by atoms with Crippen molar-refractivity contribution in [1.82, 2.24) is 0 Å². The standard InChI is InChI=1S/C26H50O2Si2/c1-24-15-12-20(27-29(4,5)6)18-19(24)10-11-21-22(24)13-16-25(2)23(21)14-17-26(25,3)28-30(7,8)9/h19-23H,10-18H2,1-9H3/t19?,20?,21?,22?,23?,24?,25?,26-/m0/s1. The highest BCUT2D eigenvalue weighted by atomic mass is 28.4. The molecule has 0 aromatic rings. The second kappa shape index (κ2) is 7.43. The zero-order valence-electron chi connectivity index (χ0n) is 21.6. The highest BCUT2D eigenvalue weighted by Gasteiger charge is 2.64. The first kappa shape index (κ1) is 23.5. The fraction of sp³-hybridized carbons (Fsp3) is 1.00. The van der Waals surface area contributed by atoms with E-state index in [9.17, 15) is 0 Å². The highest BCUT2D eigenvalue weighted by molar-refractivity contribution is 6.70. The van der Waals surface area contributed by atoms with Crippen molar-refractivity contribution in [2.75, 3.05) is 0 Å². The molecule has 7 unspecified atom stereocenters.